The van der Waals surface area contributed by atoms with Gasteiger partial charge in [0.15, 0.2) is 0 Å². The molecular formula is C11H14N2O4S. The maximum absolute atomic E-state index is 11.5. The standard InChI is InChI=1S/C11H14N2O4S/c1-2-8(11(16)17)18-6-9(14)13-10(15)7-4-3-5-12-7/h3-5,8,12H,2,6H2,1H3,(H,16,17)(H,13,14,15). The largest absolute Gasteiger partial charge is 0.480 e. The molecule has 3 N–H and O–H groups in total. The molecule has 0 aromatic carbocycles. The second-order valence-electron chi connectivity index (χ2n) is 3.51. The highest BCUT2D eigenvalue weighted by Gasteiger charge is 2.18. The molecule has 1 aromatic rings. The number of aromatic amines is 1. The van der Waals surface area contributed by atoms with Crippen molar-refractivity contribution in [2.24, 2.45) is 0 Å². The Balaban J connectivity index is 2.38. The smallest absolute Gasteiger partial charge is 0.316 e. The molecule has 0 radical (unpaired) electrons. The van der Waals surface area contributed by atoms with E-state index in [1.165, 1.54) is 0 Å². The molecule has 1 atom stereocenters. The van der Waals surface area contributed by atoms with Crippen molar-refractivity contribution in [3.63, 3.8) is 0 Å². The molecule has 0 saturated heterocycles. The lowest BCUT2D eigenvalue weighted by Gasteiger charge is -2.08. The van der Waals surface area contributed by atoms with E-state index in [0.29, 0.717) is 12.1 Å². The molecule has 1 unspecified atom stereocenters. The van der Waals surface area contributed by atoms with Crippen LogP contribution in [0.3, 0.4) is 0 Å². The number of carboxylic acid groups (broad SMARTS) is 1. The molecule has 1 rings (SSSR count). The van der Waals surface area contributed by atoms with E-state index in [1.807, 2.05) is 0 Å². The van der Waals surface area contributed by atoms with Crippen molar-refractivity contribution in [1.29, 1.82) is 0 Å². The number of hydrogen-bond donors (Lipinski definition) is 3. The number of carboxylic acids is 1. The van der Waals surface area contributed by atoms with Gasteiger partial charge in [-0.05, 0) is 18.6 Å². The number of imide groups is 1. The van der Waals surface area contributed by atoms with Gasteiger partial charge in [-0.25, -0.2) is 0 Å². The molecule has 1 heterocycles. The van der Waals surface area contributed by atoms with Gasteiger partial charge in [-0.2, -0.15) is 0 Å². The molecule has 0 aliphatic rings. The molecule has 2 amide bonds. The first kappa shape index (κ1) is 14.3. The number of thioether (sulfide) groups is 1. The molecule has 0 aliphatic heterocycles. The highest BCUT2D eigenvalue weighted by molar-refractivity contribution is 8.01. The zero-order valence-corrected chi connectivity index (χ0v) is 10.6. The molecular weight excluding hydrogens is 256 g/mol. The van der Waals surface area contributed by atoms with E-state index >= 15 is 0 Å². The molecule has 1 aromatic heterocycles. The van der Waals surface area contributed by atoms with Gasteiger partial charge in [0, 0.05) is 6.20 Å². The lowest BCUT2D eigenvalue weighted by Crippen LogP contribution is -2.33. The van der Waals surface area contributed by atoms with E-state index in [-0.39, 0.29) is 5.75 Å². The fourth-order valence-corrected chi connectivity index (χ4v) is 2.04. The minimum atomic E-state index is -0.953. The summed E-state index contributed by atoms with van der Waals surface area (Å²) in [6, 6.07) is 3.19. The van der Waals surface area contributed by atoms with Gasteiger partial charge in [0.2, 0.25) is 5.91 Å². The van der Waals surface area contributed by atoms with Gasteiger partial charge in [-0.1, -0.05) is 6.92 Å². The normalized spacial score (nSPS) is 11.8. The quantitative estimate of drug-likeness (QED) is 0.712. The van der Waals surface area contributed by atoms with Crippen molar-refractivity contribution in [1.82, 2.24) is 10.3 Å². The van der Waals surface area contributed by atoms with E-state index in [0.717, 1.165) is 11.8 Å². The number of aromatic nitrogens is 1. The van der Waals surface area contributed by atoms with Crippen molar-refractivity contribution in [3.8, 4) is 0 Å². The lowest BCUT2D eigenvalue weighted by atomic mass is 10.3. The lowest BCUT2D eigenvalue weighted by molar-refractivity contribution is -0.136. The summed E-state index contributed by atoms with van der Waals surface area (Å²) in [6.07, 6.45) is 2.00. The third kappa shape index (κ3) is 4.25. The number of nitrogens with one attached hydrogen (secondary N) is 2. The Morgan fingerprint density at radius 3 is 2.72 bits per heavy atom. The van der Waals surface area contributed by atoms with Crippen LogP contribution in [-0.4, -0.2) is 38.9 Å². The Morgan fingerprint density at radius 1 is 1.50 bits per heavy atom. The van der Waals surface area contributed by atoms with E-state index in [9.17, 15) is 14.4 Å². The Hall–Kier alpha value is -1.76. The number of amides is 2. The Bertz CT molecular complexity index is 430. The van der Waals surface area contributed by atoms with Crippen LogP contribution in [0.5, 0.6) is 0 Å². The van der Waals surface area contributed by atoms with Crippen LogP contribution in [0, 0.1) is 0 Å². The van der Waals surface area contributed by atoms with Crippen LogP contribution in [0.2, 0.25) is 0 Å². The summed E-state index contributed by atoms with van der Waals surface area (Å²) in [5.41, 5.74) is 0.290. The van der Waals surface area contributed by atoms with Crippen LogP contribution < -0.4 is 5.32 Å². The van der Waals surface area contributed by atoms with Gasteiger partial charge in [-0.3, -0.25) is 19.7 Å². The highest BCUT2D eigenvalue weighted by Crippen LogP contribution is 2.14. The van der Waals surface area contributed by atoms with Crippen molar-refractivity contribution in [3.05, 3.63) is 24.0 Å². The number of aliphatic carboxylic acids is 1. The Morgan fingerprint density at radius 2 is 2.22 bits per heavy atom. The van der Waals surface area contributed by atoms with E-state index in [4.69, 9.17) is 5.11 Å². The predicted molar refractivity (Wildman–Crippen MR) is 67.4 cm³/mol. The van der Waals surface area contributed by atoms with Crippen LogP contribution in [-0.2, 0) is 9.59 Å². The molecule has 18 heavy (non-hydrogen) atoms. The molecule has 0 fully saturated rings. The summed E-state index contributed by atoms with van der Waals surface area (Å²) < 4.78 is 0. The molecule has 0 bridgehead atoms. The topological polar surface area (TPSA) is 99.3 Å². The first-order chi connectivity index (χ1) is 8.54. The van der Waals surface area contributed by atoms with Crippen LogP contribution in [0.25, 0.3) is 0 Å². The predicted octanol–water partition coefficient (Wildman–Crippen LogP) is 0.867. The second kappa shape index (κ2) is 6.85. The fraction of sp³-hybridized carbons (Fsp3) is 0.364. The SMILES string of the molecule is CCC(SCC(=O)NC(=O)c1ccc[nH]1)C(=O)O. The summed E-state index contributed by atoms with van der Waals surface area (Å²) in [4.78, 5) is 36.3. The number of rotatable bonds is 6. The summed E-state index contributed by atoms with van der Waals surface area (Å²) in [5, 5.41) is 10.3. The minimum absolute atomic E-state index is 0.0583. The summed E-state index contributed by atoms with van der Waals surface area (Å²) in [7, 11) is 0. The second-order valence-corrected chi connectivity index (χ2v) is 4.70. The van der Waals surface area contributed by atoms with Gasteiger partial charge < -0.3 is 10.1 Å². The van der Waals surface area contributed by atoms with Gasteiger partial charge in [-0.15, -0.1) is 11.8 Å². The summed E-state index contributed by atoms with van der Waals surface area (Å²) in [5.74, 6) is -2.03. The molecule has 0 aliphatic carbocycles. The van der Waals surface area contributed by atoms with Gasteiger partial charge in [0.05, 0.1) is 5.75 Å². The maximum atomic E-state index is 11.5. The number of hydrogen-bond acceptors (Lipinski definition) is 4. The first-order valence-corrected chi connectivity index (χ1v) is 6.41. The monoisotopic (exact) mass is 270 g/mol. The maximum Gasteiger partial charge on any atom is 0.316 e. The molecule has 0 spiro atoms. The summed E-state index contributed by atoms with van der Waals surface area (Å²) >= 11 is 1.00. The summed E-state index contributed by atoms with van der Waals surface area (Å²) in [6.45, 7) is 1.73. The van der Waals surface area contributed by atoms with Crippen molar-refractivity contribution in [2.45, 2.75) is 18.6 Å². The van der Waals surface area contributed by atoms with Crippen molar-refractivity contribution >= 4 is 29.5 Å². The average molecular weight is 270 g/mol. The van der Waals surface area contributed by atoms with Crippen LogP contribution in [0.15, 0.2) is 18.3 Å². The molecule has 6 nitrogen and oxygen atoms in total. The third-order valence-corrected chi connectivity index (χ3v) is 3.52. The Labute approximate surface area is 108 Å². The third-order valence-electron chi connectivity index (χ3n) is 2.16. The van der Waals surface area contributed by atoms with Gasteiger partial charge in [0.1, 0.15) is 10.9 Å². The minimum Gasteiger partial charge on any atom is -0.480 e. The number of carbonyl (C=O) groups is 3. The number of carbonyl (C=O) groups excluding carboxylic acids is 2. The van der Waals surface area contributed by atoms with Crippen molar-refractivity contribution in [2.75, 3.05) is 5.75 Å². The molecule has 0 saturated carbocycles. The first-order valence-electron chi connectivity index (χ1n) is 5.36. The van der Waals surface area contributed by atoms with E-state index < -0.39 is 23.0 Å². The molecule has 98 valence electrons. The number of H-pyrrole nitrogens is 1. The van der Waals surface area contributed by atoms with Gasteiger partial charge in [0.25, 0.3) is 5.91 Å². The van der Waals surface area contributed by atoms with Gasteiger partial charge >= 0.3 is 5.97 Å². The molecule has 7 heteroatoms. The van der Waals surface area contributed by atoms with Crippen LogP contribution in [0.4, 0.5) is 0 Å². The highest BCUT2D eigenvalue weighted by atomic mass is 32.2. The van der Waals surface area contributed by atoms with E-state index in [1.54, 1.807) is 25.3 Å². The van der Waals surface area contributed by atoms with Crippen LogP contribution in [0.1, 0.15) is 23.8 Å². The Kier molecular flexibility index (Phi) is 5.44. The zero-order valence-electron chi connectivity index (χ0n) is 9.80. The van der Waals surface area contributed by atoms with E-state index in [2.05, 4.69) is 10.3 Å². The van der Waals surface area contributed by atoms with Crippen molar-refractivity contribution < 1.29 is 19.5 Å². The average Bonchev–Trinajstić information content (AvgIpc) is 2.82. The van der Waals surface area contributed by atoms with Crippen LogP contribution >= 0.6 is 11.8 Å². The zero-order chi connectivity index (χ0) is 13.5. The fourth-order valence-electron chi connectivity index (χ4n) is 1.24.